The molecule has 0 aliphatic carbocycles. The Morgan fingerprint density at radius 1 is 1.12 bits per heavy atom. The fourth-order valence-electron chi connectivity index (χ4n) is 4.40. The van der Waals surface area contributed by atoms with Crippen molar-refractivity contribution < 1.29 is 31.4 Å². The van der Waals surface area contributed by atoms with E-state index in [1.807, 2.05) is 0 Å². The quantitative estimate of drug-likeness (QED) is 0.647. The highest BCUT2D eigenvalue weighted by molar-refractivity contribution is 6.05. The molecule has 3 aliphatic heterocycles. The van der Waals surface area contributed by atoms with Gasteiger partial charge in [-0.1, -0.05) is 30.3 Å². The van der Waals surface area contributed by atoms with Gasteiger partial charge >= 0.3 is 0 Å². The van der Waals surface area contributed by atoms with Crippen LogP contribution in [0.1, 0.15) is 42.6 Å². The SMILES string of the molecule is [2H]c1cc(CN2CCOCC2=O)cc([2H])c1COc1cccc2c1CN(C1CCC(=O)NC1=O)C2=O. The smallest absolute Gasteiger partial charge is 0.255 e. The Morgan fingerprint density at radius 3 is 2.71 bits per heavy atom. The maximum Gasteiger partial charge on any atom is 0.255 e. The van der Waals surface area contributed by atoms with Crippen molar-refractivity contribution in [3.8, 4) is 5.75 Å². The van der Waals surface area contributed by atoms with E-state index in [1.165, 1.54) is 4.90 Å². The first-order chi connectivity index (χ1) is 17.3. The fourth-order valence-corrected chi connectivity index (χ4v) is 4.40. The third-order valence-electron chi connectivity index (χ3n) is 6.23. The number of morpholine rings is 1. The number of nitrogens with zero attached hydrogens (tertiary/aromatic N) is 2. The van der Waals surface area contributed by atoms with Crippen molar-refractivity contribution >= 4 is 23.6 Å². The minimum absolute atomic E-state index is 0.0399. The lowest BCUT2D eigenvalue weighted by Crippen LogP contribution is -2.52. The van der Waals surface area contributed by atoms with Gasteiger partial charge in [0.2, 0.25) is 17.7 Å². The average Bonchev–Trinajstić information content (AvgIpc) is 3.17. The predicted octanol–water partition coefficient (Wildman–Crippen LogP) is 1.39. The molecular weight excluding hydrogens is 438 g/mol. The monoisotopic (exact) mass is 465 g/mol. The number of fused-ring (bicyclic) bond motifs is 1. The van der Waals surface area contributed by atoms with Gasteiger partial charge in [0, 0.05) is 30.6 Å². The van der Waals surface area contributed by atoms with Gasteiger partial charge in [-0.2, -0.15) is 0 Å². The van der Waals surface area contributed by atoms with Crippen molar-refractivity contribution in [3.05, 3.63) is 64.7 Å². The molecule has 0 aromatic heterocycles. The zero-order valence-electron chi connectivity index (χ0n) is 20.5. The second-order valence-corrected chi connectivity index (χ2v) is 8.47. The third-order valence-corrected chi connectivity index (χ3v) is 6.23. The van der Waals surface area contributed by atoms with Gasteiger partial charge in [-0.05, 0) is 29.7 Å². The minimum atomic E-state index is -0.721. The van der Waals surface area contributed by atoms with Crippen LogP contribution in [0.3, 0.4) is 0 Å². The van der Waals surface area contributed by atoms with Crippen LogP contribution in [-0.4, -0.2) is 59.2 Å². The van der Waals surface area contributed by atoms with Crippen molar-refractivity contribution in [2.45, 2.75) is 38.6 Å². The molecule has 9 nitrogen and oxygen atoms in total. The van der Waals surface area contributed by atoms with E-state index in [-0.39, 0.29) is 62.4 Å². The summed E-state index contributed by atoms with van der Waals surface area (Å²) < 4.78 is 27.9. The molecule has 1 N–H and O–H groups in total. The van der Waals surface area contributed by atoms with Gasteiger partial charge in [-0.25, -0.2) is 0 Å². The maximum atomic E-state index is 13.0. The number of imide groups is 1. The van der Waals surface area contributed by atoms with E-state index in [2.05, 4.69) is 5.32 Å². The summed E-state index contributed by atoms with van der Waals surface area (Å²) in [5.41, 5.74) is 2.14. The van der Waals surface area contributed by atoms with E-state index < -0.39 is 11.9 Å². The topological polar surface area (TPSA) is 105 Å². The summed E-state index contributed by atoms with van der Waals surface area (Å²) in [5, 5.41) is 2.29. The first-order valence-corrected chi connectivity index (χ1v) is 11.2. The lowest BCUT2D eigenvalue weighted by molar-refractivity contribution is -0.143. The first-order valence-electron chi connectivity index (χ1n) is 12.2. The lowest BCUT2D eigenvalue weighted by Gasteiger charge is -2.29. The molecule has 2 saturated heterocycles. The van der Waals surface area contributed by atoms with Gasteiger partial charge in [-0.3, -0.25) is 24.5 Å². The molecule has 3 aliphatic rings. The number of ether oxygens (including phenoxy) is 2. The molecule has 4 amide bonds. The molecule has 2 aromatic rings. The second kappa shape index (κ2) is 9.26. The van der Waals surface area contributed by atoms with E-state index in [4.69, 9.17) is 12.2 Å². The van der Waals surface area contributed by atoms with E-state index in [0.29, 0.717) is 47.7 Å². The molecule has 0 saturated carbocycles. The van der Waals surface area contributed by atoms with Crippen LogP contribution in [0.25, 0.3) is 0 Å². The predicted molar refractivity (Wildman–Crippen MR) is 119 cm³/mol. The standard InChI is InChI=1S/C25H25N3O6/c29-22-9-8-20(24(31)26-22)28-13-19-18(25(28)32)2-1-3-21(19)34-14-17-6-4-16(5-7-17)12-27-10-11-33-15-23(27)30/h1-7,20H,8-15H2,(H,26,29,31)/i6D,7D. The second-order valence-electron chi connectivity index (χ2n) is 8.47. The Balaban J connectivity index is 1.30. The molecule has 3 heterocycles. The van der Waals surface area contributed by atoms with E-state index in [0.717, 1.165) is 0 Å². The third kappa shape index (κ3) is 4.38. The van der Waals surface area contributed by atoms with Crippen molar-refractivity contribution in [1.29, 1.82) is 0 Å². The molecule has 0 bridgehead atoms. The highest BCUT2D eigenvalue weighted by Crippen LogP contribution is 2.34. The molecule has 0 spiro atoms. The van der Waals surface area contributed by atoms with E-state index in [9.17, 15) is 19.2 Å². The Morgan fingerprint density at radius 2 is 1.94 bits per heavy atom. The number of hydrogen-bond acceptors (Lipinski definition) is 6. The summed E-state index contributed by atoms with van der Waals surface area (Å²) in [6, 6.07) is 7.87. The Kier molecular flexibility index (Phi) is 5.37. The van der Waals surface area contributed by atoms with Crippen LogP contribution in [0.15, 0.2) is 42.4 Å². The molecule has 9 heteroatoms. The van der Waals surface area contributed by atoms with Crippen LogP contribution in [-0.2, 0) is 38.8 Å². The number of carbonyl (C=O) groups excluding carboxylic acids is 4. The van der Waals surface area contributed by atoms with Gasteiger partial charge in [0.05, 0.1) is 15.9 Å². The summed E-state index contributed by atoms with van der Waals surface area (Å²) >= 11 is 0. The number of carbonyl (C=O) groups is 4. The van der Waals surface area contributed by atoms with Crippen LogP contribution >= 0.6 is 0 Å². The average molecular weight is 466 g/mol. The van der Waals surface area contributed by atoms with Crippen molar-refractivity contribution in [1.82, 2.24) is 15.1 Å². The molecule has 5 rings (SSSR count). The van der Waals surface area contributed by atoms with Crippen LogP contribution < -0.4 is 10.1 Å². The van der Waals surface area contributed by atoms with Gasteiger partial charge in [-0.15, -0.1) is 0 Å². The largest absolute Gasteiger partial charge is 0.489 e. The fraction of sp³-hybridized carbons (Fsp3) is 0.360. The normalized spacial score (nSPS) is 21.2. The van der Waals surface area contributed by atoms with E-state index >= 15 is 0 Å². The summed E-state index contributed by atoms with van der Waals surface area (Å²) in [7, 11) is 0. The van der Waals surface area contributed by atoms with Crippen molar-refractivity contribution in [2.24, 2.45) is 0 Å². The van der Waals surface area contributed by atoms with Crippen LogP contribution in [0.2, 0.25) is 0 Å². The van der Waals surface area contributed by atoms with Crippen molar-refractivity contribution in [2.75, 3.05) is 19.8 Å². The number of piperidine rings is 1. The molecule has 2 aromatic carbocycles. The van der Waals surface area contributed by atoms with Crippen LogP contribution in [0.5, 0.6) is 5.75 Å². The molecule has 34 heavy (non-hydrogen) atoms. The summed E-state index contributed by atoms with van der Waals surface area (Å²) in [5.74, 6) is -0.798. The molecular formula is C25H25N3O6. The van der Waals surface area contributed by atoms with Gasteiger partial charge in [0.25, 0.3) is 5.91 Å². The van der Waals surface area contributed by atoms with Gasteiger partial charge in [0.15, 0.2) is 0 Å². The number of rotatable bonds is 6. The first kappa shape index (κ1) is 19.7. The Bertz CT molecular complexity index is 1240. The molecule has 1 atom stereocenters. The maximum absolute atomic E-state index is 13.0. The number of amides is 4. The molecule has 2 fully saturated rings. The zero-order valence-corrected chi connectivity index (χ0v) is 18.5. The minimum Gasteiger partial charge on any atom is -0.489 e. The summed E-state index contributed by atoms with van der Waals surface area (Å²) in [4.78, 5) is 51.9. The number of hydrogen-bond donors (Lipinski definition) is 1. The lowest BCUT2D eigenvalue weighted by atomic mass is 10.0. The van der Waals surface area contributed by atoms with Crippen LogP contribution in [0.4, 0.5) is 0 Å². The highest BCUT2D eigenvalue weighted by Gasteiger charge is 2.40. The number of nitrogens with one attached hydrogen (secondary N) is 1. The highest BCUT2D eigenvalue weighted by atomic mass is 16.5. The van der Waals surface area contributed by atoms with Gasteiger partial charge in [0.1, 0.15) is 25.0 Å². The van der Waals surface area contributed by atoms with Crippen LogP contribution in [0, 0.1) is 0 Å². The van der Waals surface area contributed by atoms with Gasteiger partial charge < -0.3 is 19.3 Å². The van der Waals surface area contributed by atoms with Crippen molar-refractivity contribution in [3.63, 3.8) is 0 Å². The van der Waals surface area contributed by atoms with E-state index in [1.54, 1.807) is 35.2 Å². The molecule has 1 unspecified atom stereocenters. The Hall–Kier alpha value is -3.72. The molecule has 0 radical (unpaired) electrons. The molecule has 176 valence electrons. The summed E-state index contributed by atoms with van der Waals surface area (Å²) in [6.45, 7) is 1.41. The summed E-state index contributed by atoms with van der Waals surface area (Å²) in [6.07, 6.45) is 0.446. The zero-order chi connectivity index (χ0) is 25.4. The number of benzene rings is 2. The Labute approximate surface area is 199 Å².